The van der Waals surface area contributed by atoms with Crippen LogP contribution in [0, 0.1) is 5.82 Å². The van der Waals surface area contributed by atoms with Crippen LogP contribution in [0.5, 0.6) is 5.75 Å². The molecule has 0 bridgehead atoms. The third kappa shape index (κ3) is 4.54. The Morgan fingerprint density at radius 1 is 0.971 bits per heavy atom. The molecule has 5 aromatic rings. The van der Waals surface area contributed by atoms with Crippen molar-refractivity contribution >= 4 is 40.3 Å². The number of aldehydes is 1. The predicted octanol–water partition coefficient (Wildman–Crippen LogP) is 6.72. The first-order valence-corrected chi connectivity index (χ1v) is 11.0. The smallest absolute Gasteiger partial charge is 0.163 e. The molecule has 3 aromatic carbocycles. The van der Waals surface area contributed by atoms with Gasteiger partial charge in [-0.2, -0.15) is 0 Å². The van der Waals surface area contributed by atoms with Gasteiger partial charge in [-0.05, 0) is 65.7 Å². The van der Waals surface area contributed by atoms with E-state index >= 15 is 0 Å². The van der Waals surface area contributed by atoms with Gasteiger partial charge in [-0.1, -0.05) is 23.7 Å². The Balaban J connectivity index is 1.67. The monoisotopic (exact) mass is 484 g/mol. The fourth-order valence-corrected chi connectivity index (χ4v) is 3.91. The van der Waals surface area contributed by atoms with Crippen LogP contribution >= 0.6 is 11.6 Å². The van der Waals surface area contributed by atoms with Gasteiger partial charge in [-0.25, -0.2) is 14.4 Å². The first-order chi connectivity index (χ1) is 17.1. The van der Waals surface area contributed by atoms with Crippen molar-refractivity contribution in [3.8, 4) is 28.3 Å². The van der Waals surface area contributed by atoms with Gasteiger partial charge in [0.2, 0.25) is 0 Å². The Bertz CT molecular complexity index is 1560. The number of rotatable bonds is 6. The standard InChI is InChI=1S/C27H18ClFN4O2/c1-35-25-12-17(4-5-19(25)15-34)16-6-9-24-21(11-16)27(31-20-7-8-23(29)22(28)13-20)33-26(32-24)18-3-2-10-30-14-18/h2-15H,1H3,(H,31,32,33). The summed E-state index contributed by atoms with van der Waals surface area (Å²) in [6.45, 7) is 0. The SMILES string of the molecule is COc1cc(-c2ccc3nc(-c4cccnc4)nc(Nc4ccc(F)c(Cl)c4)c3c2)ccc1C=O. The van der Waals surface area contributed by atoms with Crippen LogP contribution in [0.3, 0.4) is 0 Å². The highest BCUT2D eigenvalue weighted by atomic mass is 35.5. The highest BCUT2D eigenvalue weighted by molar-refractivity contribution is 6.31. The number of halogens is 2. The number of benzene rings is 3. The first-order valence-electron chi connectivity index (χ1n) is 10.6. The minimum absolute atomic E-state index is 0.00361. The molecular formula is C27H18ClFN4O2. The fourth-order valence-electron chi connectivity index (χ4n) is 3.73. The van der Waals surface area contributed by atoms with Gasteiger partial charge in [0.05, 0.1) is 23.2 Å². The quantitative estimate of drug-likeness (QED) is 0.270. The zero-order chi connectivity index (χ0) is 24.4. The lowest BCUT2D eigenvalue weighted by atomic mass is 10.0. The van der Waals surface area contributed by atoms with E-state index in [2.05, 4.69) is 10.3 Å². The lowest BCUT2D eigenvalue weighted by Gasteiger charge is -2.13. The lowest BCUT2D eigenvalue weighted by Crippen LogP contribution is -2.00. The topological polar surface area (TPSA) is 77.0 Å². The molecule has 0 saturated heterocycles. The average molecular weight is 485 g/mol. The van der Waals surface area contributed by atoms with Crippen LogP contribution in [0.2, 0.25) is 5.02 Å². The van der Waals surface area contributed by atoms with Gasteiger partial charge in [0.25, 0.3) is 0 Å². The number of methoxy groups -OCH3 is 1. The second-order valence-electron chi connectivity index (χ2n) is 7.70. The van der Waals surface area contributed by atoms with Crippen LogP contribution in [0.25, 0.3) is 33.4 Å². The predicted molar refractivity (Wildman–Crippen MR) is 135 cm³/mol. The van der Waals surface area contributed by atoms with E-state index < -0.39 is 5.82 Å². The van der Waals surface area contributed by atoms with E-state index in [1.807, 2.05) is 42.5 Å². The molecular weight excluding hydrogens is 467 g/mol. The molecule has 35 heavy (non-hydrogen) atoms. The normalized spacial score (nSPS) is 10.8. The largest absolute Gasteiger partial charge is 0.496 e. The van der Waals surface area contributed by atoms with Crippen LogP contribution in [0.4, 0.5) is 15.9 Å². The molecule has 0 fully saturated rings. The molecule has 8 heteroatoms. The minimum atomic E-state index is -0.504. The van der Waals surface area contributed by atoms with Gasteiger partial charge in [0.15, 0.2) is 12.1 Å². The first kappa shape index (κ1) is 22.4. The number of anilines is 2. The maximum Gasteiger partial charge on any atom is 0.163 e. The third-order valence-electron chi connectivity index (χ3n) is 5.49. The Hall–Kier alpha value is -4.36. The summed E-state index contributed by atoms with van der Waals surface area (Å²) in [7, 11) is 1.52. The number of hydrogen-bond acceptors (Lipinski definition) is 6. The van der Waals surface area contributed by atoms with E-state index in [9.17, 15) is 9.18 Å². The van der Waals surface area contributed by atoms with Crippen molar-refractivity contribution in [2.45, 2.75) is 0 Å². The summed E-state index contributed by atoms with van der Waals surface area (Å²) in [5.41, 5.74) is 4.25. The van der Waals surface area contributed by atoms with Crippen molar-refractivity contribution in [3.63, 3.8) is 0 Å². The molecule has 6 nitrogen and oxygen atoms in total. The molecule has 0 aliphatic rings. The molecule has 0 amide bonds. The number of aromatic nitrogens is 3. The van der Waals surface area contributed by atoms with Gasteiger partial charge in [0.1, 0.15) is 17.4 Å². The molecule has 2 heterocycles. The molecule has 0 radical (unpaired) electrons. The summed E-state index contributed by atoms with van der Waals surface area (Å²) in [5.74, 6) is 0.997. The highest BCUT2D eigenvalue weighted by Gasteiger charge is 2.13. The van der Waals surface area contributed by atoms with Gasteiger partial charge in [-0.3, -0.25) is 9.78 Å². The Morgan fingerprint density at radius 2 is 1.80 bits per heavy atom. The Kier molecular flexibility index (Phi) is 6.08. The van der Waals surface area contributed by atoms with Crippen molar-refractivity contribution in [2.75, 3.05) is 12.4 Å². The van der Waals surface area contributed by atoms with Crippen LogP contribution in [0.15, 0.2) is 79.1 Å². The molecule has 0 aliphatic carbocycles. The molecule has 172 valence electrons. The highest BCUT2D eigenvalue weighted by Crippen LogP contribution is 2.33. The third-order valence-corrected chi connectivity index (χ3v) is 5.78. The van der Waals surface area contributed by atoms with E-state index in [-0.39, 0.29) is 5.02 Å². The molecule has 2 aromatic heterocycles. The molecule has 1 N–H and O–H groups in total. The van der Waals surface area contributed by atoms with Gasteiger partial charge in [0, 0.05) is 29.0 Å². The van der Waals surface area contributed by atoms with Crippen LogP contribution in [-0.2, 0) is 0 Å². The zero-order valence-electron chi connectivity index (χ0n) is 18.5. The Labute approximate surface area is 205 Å². The van der Waals surface area contributed by atoms with E-state index in [1.54, 1.807) is 24.5 Å². The van der Waals surface area contributed by atoms with Crippen LogP contribution in [-0.4, -0.2) is 28.3 Å². The summed E-state index contributed by atoms with van der Waals surface area (Å²) in [4.78, 5) is 24.9. The van der Waals surface area contributed by atoms with Gasteiger partial charge in [-0.15, -0.1) is 0 Å². The van der Waals surface area contributed by atoms with Crippen molar-refractivity contribution in [3.05, 3.63) is 95.5 Å². The maximum absolute atomic E-state index is 13.7. The number of hydrogen-bond donors (Lipinski definition) is 1. The van der Waals surface area contributed by atoms with E-state index in [4.69, 9.17) is 26.3 Å². The number of ether oxygens (including phenoxy) is 1. The average Bonchev–Trinajstić information content (AvgIpc) is 2.90. The zero-order valence-corrected chi connectivity index (χ0v) is 19.3. The van der Waals surface area contributed by atoms with Crippen molar-refractivity contribution in [2.24, 2.45) is 0 Å². The lowest BCUT2D eigenvalue weighted by molar-refractivity contribution is 0.112. The van der Waals surface area contributed by atoms with Crippen molar-refractivity contribution in [1.29, 1.82) is 0 Å². The molecule has 0 aliphatic heterocycles. The van der Waals surface area contributed by atoms with Crippen molar-refractivity contribution < 1.29 is 13.9 Å². The Morgan fingerprint density at radius 3 is 2.54 bits per heavy atom. The number of nitrogens with zero attached hydrogens (tertiary/aromatic N) is 3. The molecule has 0 spiro atoms. The summed E-state index contributed by atoms with van der Waals surface area (Å²) < 4.78 is 19.1. The second-order valence-corrected chi connectivity index (χ2v) is 8.11. The number of carbonyl (C=O) groups excluding carboxylic acids is 1. The van der Waals surface area contributed by atoms with Crippen LogP contribution < -0.4 is 10.1 Å². The van der Waals surface area contributed by atoms with Gasteiger partial charge >= 0.3 is 0 Å². The molecule has 5 rings (SSSR count). The summed E-state index contributed by atoms with van der Waals surface area (Å²) >= 11 is 5.99. The van der Waals surface area contributed by atoms with E-state index in [0.717, 1.165) is 28.4 Å². The number of pyridine rings is 1. The second kappa shape index (κ2) is 9.48. The molecule has 0 unspecified atom stereocenters. The van der Waals surface area contributed by atoms with E-state index in [1.165, 1.54) is 19.2 Å². The molecule has 0 atom stereocenters. The maximum atomic E-state index is 13.7. The van der Waals surface area contributed by atoms with Crippen molar-refractivity contribution in [1.82, 2.24) is 15.0 Å². The fraction of sp³-hybridized carbons (Fsp3) is 0.0370. The summed E-state index contributed by atoms with van der Waals surface area (Å²) in [6, 6.07) is 19.2. The van der Waals surface area contributed by atoms with Gasteiger partial charge < -0.3 is 10.1 Å². The number of carbonyl (C=O) groups is 1. The van der Waals surface area contributed by atoms with E-state index in [0.29, 0.717) is 34.2 Å². The minimum Gasteiger partial charge on any atom is -0.496 e. The number of nitrogens with one attached hydrogen (secondary N) is 1. The summed E-state index contributed by atoms with van der Waals surface area (Å²) in [5, 5.41) is 4.00. The molecule has 0 saturated carbocycles. The summed E-state index contributed by atoms with van der Waals surface area (Å²) in [6.07, 6.45) is 4.13. The van der Waals surface area contributed by atoms with Crippen LogP contribution in [0.1, 0.15) is 10.4 Å². The number of fused-ring (bicyclic) bond motifs is 1.